The van der Waals surface area contributed by atoms with Gasteiger partial charge in [-0.2, -0.15) is 4.39 Å². The molecule has 0 bridgehead atoms. The molecule has 1 aromatic heterocycles. The van der Waals surface area contributed by atoms with Crippen LogP contribution in [0.5, 0.6) is 0 Å². The van der Waals surface area contributed by atoms with Crippen LogP contribution in [0.2, 0.25) is 0 Å². The normalized spacial score (nSPS) is 39.2. The Bertz CT molecular complexity index is 784. The number of hydrogen-bond donors (Lipinski definition) is 6. The Balaban J connectivity index is 1.68. The average molecular weight is 394 g/mol. The fraction of sp³-hybridized carbons (Fsp3) is 0.714. The number of aromatic amines is 1. The Hall–Kier alpha value is -1.71. The maximum Gasteiger partial charge on any atom is 0.330 e. The standard InChI is InChI=1S/C14H19FN2O10/c15-4-1-17(14(24)16-11(4)23)12-9(21)8(20)6(26-12)3-25-13-10(22)7(19)5(2-18)27-13/h1,5-10,12-13,18-22H,2-3H2,(H,16,23,24)/t5-,6-,7-,8-,9-,10-,12-,13?/m1/s1. The average Bonchev–Trinajstić information content (AvgIpc) is 3.07. The van der Waals surface area contributed by atoms with E-state index < -0.39 is 79.4 Å². The maximum atomic E-state index is 13.4. The van der Waals surface area contributed by atoms with Crippen molar-refractivity contribution < 1.29 is 44.1 Å². The molecule has 27 heavy (non-hydrogen) atoms. The van der Waals surface area contributed by atoms with Crippen molar-refractivity contribution in [3.63, 3.8) is 0 Å². The second-order valence-electron chi connectivity index (χ2n) is 6.23. The molecule has 152 valence electrons. The quantitative estimate of drug-likeness (QED) is 0.286. The Morgan fingerprint density at radius 2 is 1.74 bits per heavy atom. The number of ether oxygens (including phenoxy) is 3. The van der Waals surface area contributed by atoms with E-state index in [4.69, 9.17) is 19.3 Å². The minimum Gasteiger partial charge on any atom is -0.394 e. The highest BCUT2D eigenvalue weighted by Gasteiger charge is 2.47. The first-order valence-electron chi connectivity index (χ1n) is 8.01. The molecule has 0 spiro atoms. The van der Waals surface area contributed by atoms with Crippen molar-refractivity contribution in [3.8, 4) is 0 Å². The van der Waals surface area contributed by atoms with E-state index in [1.54, 1.807) is 4.98 Å². The Kier molecular flexibility index (Phi) is 5.73. The van der Waals surface area contributed by atoms with Gasteiger partial charge in [0.15, 0.2) is 12.5 Å². The fourth-order valence-electron chi connectivity index (χ4n) is 2.94. The number of nitrogens with one attached hydrogen (secondary N) is 1. The maximum absolute atomic E-state index is 13.4. The molecule has 3 rings (SSSR count). The van der Waals surface area contributed by atoms with Crippen LogP contribution >= 0.6 is 0 Å². The van der Waals surface area contributed by atoms with Gasteiger partial charge in [-0.15, -0.1) is 0 Å². The molecule has 0 radical (unpaired) electrons. The Labute approximate surface area is 150 Å². The molecule has 2 fully saturated rings. The number of aliphatic hydroxyl groups excluding tert-OH is 5. The molecule has 0 aromatic carbocycles. The van der Waals surface area contributed by atoms with Crippen LogP contribution in [0.1, 0.15) is 6.23 Å². The minimum absolute atomic E-state index is 0.429. The lowest BCUT2D eigenvalue weighted by Crippen LogP contribution is -2.39. The van der Waals surface area contributed by atoms with Crippen LogP contribution in [-0.2, 0) is 14.2 Å². The number of rotatable bonds is 5. The summed E-state index contributed by atoms with van der Waals surface area (Å²) in [4.78, 5) is 24.6. The van der Waals surface area contributed by atoms with Crippen molar-refractivity contribution >= 4 is 0 Å². The monoisotopic (exact) mass is 394 g/mol. The van der Waals surface area contributed by atoms with Gasteiger partial charge in [-0.25, -0.2) is 4.79 Å². The van der Waals surface area contributed by atoms with Gasteiger partial charge in [-0.05, 0) is 0 Å². The smallest absolute Gasteiger partial charge is 0.330 e. The summed E-state index contributed by atoms with van der Waals surface area (Å²) in [5, 5.41) is 48.6. The molecule has 1 unspecified atom stereocenters. The van der Waals surface area contributed by atoms with Crippen molar-refractivity contribution in [2.75, 3.05) is 13.2 Å². The van der Waals surface area contributed by atoms with Gasteiger partial charge < -0.3 is 39.7 Å². The summed E-state index contributed by atoms with van der Waals surface area (Å²) in [7, 11) is 0. The van der Waals surface area contributed by atoms with Crippen LogP contribution in [0.3, 0.4) is 0 Å². The van der Waals surface area contributed by atoms with Crippen LogP contribution < -0.4 is 11.2 Å². The van der Waals surface area contributed by atoms with E-state index in [1.165, 1.54) is 0 Å². The third-order valence-corrected chi connectivity index (χ3v) is 4.46. The molecule has 2 aliphatic rings. The van der Waals surface area contributed by atoms with Gasteiger partial charge in [0, 0.05) is 0 Å². The van der Waals surface area contributed by atoms with Crippen molar-refractivity contribution in [2.24, 2.45) is 0 Å². The number of aliphatic hydroxyl groups is 5. The summed E-state index contributed by atoms with van der Waals surface area (Å²) in [6.07, 6.45) is -10.6. The number of halogens is 1. The zero-order chi connectivity index (χ0) is 19.9. The lowest BCUT2D eigenvalue weighted by atomic mass is 10.1. The lowest BCUT2D eigenvalue weighted by Gasteiger charge is -2.20. The van der Waals surface area contributed by atoms with Gasteiger partial charge in [-0.1, -0.05) is 0 Å². The molecular weight excluding hydrogens is 375 g/mol. The van der Waals surface area contributed by atoms with Gasteiger partial charge >= 0.3 is 5.69 Å². The molecule has 0 aliphatic carbocycles. The number of aromatic nitrogens is 2. The zero-order valence-corrected chi connectivity index (χ0v) is 13.7. The van der Waals surface area contributed by atoms with Crippen LogP contribution in [0, 0.1) is 5.82 Å². The Morgan fingerprint density at radius 3 is 2.37 bits per heavy atom. The van der Waals surface area contributed by atoms with E-state index in [0.717, 1.165) is 0 Å². The van der Waals surface area contributed by atoms with Crippen LogP contribution in [0.4, 0.5) is 4.39 Å². The largest absolute Gasteiger partial charge is 0.394 e. The lowest BCUT2D eigenvalue weighted by molar-refractivity contribution is -0.190. The summed E-state index contributed by atoms with van der Waals surface area (Å²) in [5.41, 5.74) is -2.30. The molecule has 13 heteroatoms. The molecule has 8 atom stereocenters. The predicted molar refractivity (Wildman–Crippen MR) is 80.9 cm³/mol. The van der Waals surface area contributed by atoms with E-state index in [-0.39, 0.29) is 0 Å². The molecule has 2 aliphatic heterocycles. The molecule has 3 heterocycles. The molecule has 6 N–H and O–H groups in total. The van der Waals surface area contributed by atoms with Gasteiger partial charge in [0.2, 0.25) is 5.82 Å². The topological polar surface area (TPSA) is 184 Å². The molecular formula is C14H19FN2O10. The predicted octanol–water partition coefficient (Wildman–Crippen LogP) is -4.25. The second-order valence-corrected chi connectivity index (χ2v) is 6.23. The zero-order valence-electron chi connectivity index (χ0n) is 13.7. The highest BCUT2D eigenvalue weighted by atomic mass is 19.1. The first kappa shape index (κ1) is 20.0. The molecule has 0 amide bonds. The Morgan fingerprint density at radius 1 is 1.07 bits per heavy atom. The van der Waals surface area contributed by atoms with Crippen molar-refractivity contribution in [1.29, 1.82) is 0 Å². The summed E-state index contributed by atoms with van der Waals surface area (Å²) >= 11 is 0. The van der Waals surface area contributed by atoms with Gasteiger partial charge in [0.1, 0.15) is 36.6 Å². The third-order valence-electron chi connectivity index (χ3n) is 4.46. The molecule has 0 saturated carbocycles. The minimum atomic E-state index is -1.65. The summed E-state index contributed by atoms with van der Waals surface area (Å²) in [5.74, 6) is -1.29. The van der Waals surface area contributed by atoms with E-state index in [0.29, 0.717) is 10.8 Å². The SMILES string of the molecule is O=c1[nH]c(=O)n([C@@H]2O[C@H](COC3O[C@H](CO)[C@@H](O)[C@H]3O)[C@@H](O)[C@H]2O)cc1F. The van der Waals surface area contributed by atoms with E-state index in [1.807, 2.05) is 0 Å². The fourth-order valence-corrected chi connectivity index (χ4v) is 2.94. The van der Waals surface area contributed by atoms with Crippen LogP contribution in [0.15, 0.2) is 15.8 Å². The molecule has 12 nitrogen and oxygen atoms in total. The second kappa shape index (κ2) is 7.73. The van der Waals surface area contributed by atoms with E-state index in [2.05, 4.69) is 0 Å². The summed E-state index contributed by atoms with van der Waals surface area (Å²) in [6, 6.07) is 0. The van der Waals surface area contributed by atoms with Gasteiger partial charge in [-0.3, -0.25) is 14.3 Å². The van der Waals surface area contributed by atoms with Crippen molar-refractivity contribution in [1.82, 2.24) is 9.55 Å². The first-order chi connectivity index (χ1) is 12.7. The van der Waals surface area contributed by atoms with Crippen LogP contribution in [0.25, 0.3) is 0 Å². The summed E-state index contributed by atoms with van der Waals surface area (Å²) < 4.78 is 29.6. The van der Waals surface area contributed by atoms with Crippen molar-refractivity contribution in [3.05, 3.63) is 32.9 Å². The number of hydrogen-bond acceptors (Lipinski definition) is 10. The number of nitrogens with zero attached hydrogens (tertiary/aromatic N) is 1. The number of H-pyrrole nitrogens is 1. The van der Waals surface area contributed by atoms with E-state index >= 15 is 0 Å². The summed E-state index contributed by atoms with van der Waals surface area (Å²) in [6.45, 7) is -0.982. The molecule has 1 aromatic rings. The molecule has 2 saturated heterocycles. The van der Waals surface area contributed by atoms with Gasteiger partial charge in [0.25, 0.3) is 5.56 Å². The van der Waals surface area contributed by atoms with Crippen molar-refractivity contribution in [2.45, 2.75) is 49.1 Å². The highest BCUT2D eigenvalue weighted by molar-refractivity contribution is 4.95. The van der Waals surface area contributed by atoms with Crippen LogP contribution in [-0.4, -0.2) is 91.2 Å². The third kappa shape index (κ3) is 3.68. The first-order valence-corrected chi connectivity index (χ1v) is 8.01. The highest BCUT2D eigenvalue weighted by Crippen LogP contribution is 2.30. The van der Waals surface area contributed by atoms with Gasteiger partial charge in [0.05, 0.1) is 19.4 Å². The van der Waals surface area contributed by atoms with E-state index in [9.17, 15) is 34.4 Å².